The van der Waals surface area contributed by atoms with Crippen LogP contribution in [0.4, 0.5) is 5.69 Å². The van der Waals surface area contributed by atoms with Crippen LogP contribution in [0, 0.1) is 11.3 Å². The van der Waals surface area contributed by atoms with E-state index in [0.29, 0.717) is 16.8 Å². The zero-order valence-electron chi connectivity index (χ0n) is 14.4. The Morgan fingerprint density at radius 2 is 1.85 bits per heavy atom. The van der Waals surface area contributed by atoms with Crippen molar-refractivity contribution in [1.82, 2.24) is 14.7 Å². The van der Waals surface area contributed by atoms with E-state index in [2.05, 4.69) is 15.6 Å². The number of hydrogen-bond donors (Lipinski definition) is 2. The summed E-state index contributed by atoms with van der Waals surface area (Å²) in [6.45, 7) is 3.70. The van der Waals surface area contributed by atoms with Gasteiger partial charge in [0.25, 0.3) is 11.8 Å². The summed E-state index contributed by atoms with van der Waals surface area (Å²) in [6.07, 6.45) is 1.67. The van der Waals surface area contributed by atoms with Gasteiger partial charge in [0.15, 0.2) is 5.69 Å². The van der Waals surface area contributed by atoms with Crippen LogP contribution in [0.25, 0.3) is 5.52 Å². The van der Waals surface area contributed by atoms with E-state index in [0.717, 1.165) is 0 Å². The maximum atomic E-state index is 12.7. The molecule has 2 N–H and O–H groups in total. The van der Waals surface area contributed by atoms with Crippen molar-refractivity contribution >= 4 is 23.0 Å². The number of hydrogen-bond acceptors (Lipinski definition) is 4. The number of nitriles is 1. The number of carbonyl (C=O) groups is 2. The number of nitrogens with zero attached hydrogens (tertiary/aromatic N) is 3. The Balaban J connectivity index is 2.01. The summed E-state index contributed by atoms with van der Waals surface area (Å²) >= 11 is 0. The van der Waals surface area contributed by atoms with E-state index in [9.17, 15) is 9.59 Å². The van der Waals surface area contributed by atoms with Gasteiger partial charge in [-0.3, -0.25) is 14.0 Å². The van der Waals surface area contributed by atoms with Gasteiger partial charge in [0, 0.05) is 12.2 Å². The van der Waals surface area contributed by atoms with Gasteiger partial charge < -0.3 is 10.6 Å². The Morgan fingerprint density at radius 1 is 1.12 bits per heavy atom. The van der Waals surface area contributed by atoms with E-state index >= 15 is 0 Å². The van der Waals surface area contributed by atoms with Gasteiger partial charge in [-0.15, -0.1) is 0 Å². The normalized spacial score (nSPS) is 10.5. The van der Waals surface area contributed by atoms with Gasteiger partial charge in [0.05, 0.1) is 16.8 Å². The summed E-state index contributed by atoms with van der Waals surface area (Å²) < 4.78 is 1.56. The molecule has 0 saturated carbocycles. The van der Waals surface area contributed by atoms with Crippen molar-refractivity contribution in [1.29, 1.82) is 5.26 Å². The van der Waals surface area contributed by atoms with Gasteiger partial charge in [-0.2, -0.15) is 5.26 Å². The highest BCUT2D eigenvalue weighted by Gasteiger charge is 2.22. The fourth-order valence-electron chi connectivity index (χ4n) is 2.56. The fourth-order valence-corrected chi connectivity index (χ4v) is 2.56. The predicted octanol–water partition coefficient (Wildman–Crippen LogP) is 2.60. The molecule has 0 radical (unpaired) electrons. The minimum absolute atomic E-state index is 0.0530. The number of carbonyl (C=O) groups excluding carboxylic acids is 2. The molecule has 3 rings (SSSR count). The number of rotatable bonds is 4. The molecular weight excluding hydrogens is 330 g/mol. The number of fused-ring (bicyclic) bond motifs is 1. The Hall–Kier alpha value is -3.66. The lowest BCUT2D eigenvalue weighted by molar-refractivity contribution is 0.0940. The van der Waals surface area contributed by atoms with E-state index in [-0.39, 0.29) is 23.5 Å². The Morgan fingerprint density at radius 3 is 2.58 bits per heavy atom. The summed E-state index contributed by atoms with van der Waals surface area (Å²) in [7, 11) is 0. The fraction of sp³-hybridized carbons (Fsp3) is 0.158. The molecule has 0 aliphatic carbocycles. The Bertz CT molecular complexity index is 1030. The van der Waals surface area contributed by atoms with Gasteiger partial charge in [-0.25, -0.2) is 4.98 Å². The minimum Gasteiger partial charge on any atom is -0.348 e. The maximum absolute atomic E-state index is 12.7. The SMILES string of the molecule is CC(C)NC(=O)c1nc(C(=O)Nc2ccccc2C#N)n2ccccc12. The van der Waals surface area contributed by atoms with Crippen LogP contribution in [0.2, 0.25) is 0 Å². The molecule has 0 aliphatic heterocycles. The molecule has 0 bridgehead atoms. The minimum atomic E-state index is -0.502. The zero-order valence-corrected chi connectivity index (χ0v) is 14.4. The molecule has 7 heteroatoms. The second-order valence-electron chi connectivity index (χ2n) is 5.98. The average Bonchev–Trinajstić information content (AvgIpc) is 3.01. The van der Waals surface area contributed by atoms with Crippen LogP contribution in [0.3, 0.4) is 0 Å². The third kappa shape index (κ3) is 3.26. The van der Waals surface area contributed by atoms with Crippen molar-refractivity contribution < 1.29 is 9.59 Å². The van der Waals surface area contributed by atoms with E-state index in [1.165, 1.54) is 0 Å². The monoisotopic (exact) mass is 347 g/mol. The third-order valence-corrected chi connectivity index (χ3v) is 3.68. The number of amides is 2. The Labute approximate surface area is 150 Å². The van der Waals surface area contributed by atoms with Crippen LogP contribution >= 0.6 is 0 Å². The highest BCUT2D eigenvalue weighted by Crippen LogP contribution is 2.17. The van der Waals surface area contributed by atoms with Crippen LogP contribution < -0.4 is 10.6 Å². The first-order valence-electron chi connectivity index (χ1n) is 8.09. The van der Waals surface area contributed by atoms with Crippen LogP contribution in [0.5, 0.6) is 0 Å². The lowest BCUT2D eigenvalue weighted by atomic mass is 10.2. The van der Waals surface area contributed by atoms with E-state index in [1.807, 2.05) is 19.9 Å². The number of pyridine rings is 1. The first kappa shape index (κ1) is 17.2. The lowest BCUT2D eigenvalue weighted by Crippen LogP contribution is -2.30. The van der Waals surface area contributed by atoms with Crippen molar-refractivity contribution in [3.8, 4) is 6.07 Å². The molecule has 130 valence electrons. The number of nitrogens with one attached hydrogen (secondary N) is 2. The molecule has 2 amide bonds. The zero-order chi connectivity index (χ0) is 18.7. The molecule has 1 aromatic carbocycles. The van der Waals surface area contributed by atoms with Gasteiger partial charge in [-0.1, -0.05) is 18.2 Å². The molecule has 0 unspecified atom stereocenters. The molecular formula is C19H17N5O2. The van der Waals surface area contributed by atoms with Crippen LogP contribution in [0.15, 0.2) is 48.7 Å². The number of anilines is 1. The highest BCUT2D eigenvalue weighted by molar-refractivity contribution is 6.06. The van der Waals surface area contributed by atoms with Gasteiger partial charge in [0.2, 0.25) is 5.82 Å². The molecule has 2 heterocycles. The second kappa shape index (κ2) is 7.07. The van der Waals surface area contributed by atoms with Crippen LogP contribution in [-0.4, -0.2) is 27.2 Å². The van der Waals surface area contributed by atoms with E-state index in [1.54, 1.807) is 53.1 Å². The van der Waals surface area contributed by atoms with Gasteiger partial charge in [0.1, 0.15) is 6.07 Å². The van der Waals surface area contributed by atoms with E-state index < -0.39 is 5.91 Å². The van der Waals surface area contributed by atoms with Crippen molar-refractivity contribution in [2.75, 3.05) is 5.32 Å². The van der Waals surface area contributed by atoms with Crippen LogP contribution in [-0.2, 0) is 0 Å². The van der Waals surface area contributed by atoms with Crippen molar-refractivity contribution in [2.45, 2.75) is 19.9 Å². The molecule has 0 saturated heterocycles. The molecule has 2 aromatic heterocycles. The quantitative estimate of drug-likeness (QED) is 0.758. The van der Waals surface area contributed by atoms with Crippen molar-refractivity contribution in [3.63, 3.8) is 0 Å². The maximum Gasteiger partial charge on any atom is 0.292 e. The summed E-state index contributed by atoms with van der Waals surface area (Å²) in [5.74, 6) is -0.778. The lowest BCUT2D eigenvalue weighted by Gasteiger charge is -2.06. The summed E-state index contributed by atoms with van der Waals surface area (Å²) in [5, 5.41) is 14.6. The van der Waals surface area contributed by atoms with Crippen LogP contribution in [0.1, 0.15) is 40.5 Å². The summed E-state index contributed by atoms with van der Waals surface area (Å²) in [4.78, 5) is 29.4. The molecule has 0 spiro atoms. The first-order valence-corrected chi connectivity index (χ1v) is 8.09. The van der Waals surface area contributed by atoms with E-state index in [4.69, 9.17) is 5.26 Å². The van der Waals surface area contributed by atoms with Crippen molar-refractivity contribution in [3.05, 3.63) is 65.7 Å². The second-order valence-corrected chi connectivity index (χ2v) is 5.98. The summed E-state index contributed by atoms with van der Waals surface area (Å²) in [5.41, 5.74) is 1.45. The molecule has 26 heavy (non-hydrogen) atoms. The standard InChI is InChI=1S/C19H17N5O2/c1-12(2)21-18(25)16-15-9-5-6-10-24(15)17(23-16)19(26)22-14-8-4-3-7-13(14)11-20/h3-10,12H,1-2H3,(H,21,25)(H,22,26). The highest BCUT2D eigenvalue weighted by atomic mass is 16.2. The van der Waals surface area contributed by atoms with Gasteiger partial charge in [-0.05, 0) is 38.1 Å². The number of benzene rings is 1. The average molecular weight is 347 g/mol. The largest absolute Gasteiger partial charge is 0.348 e. The summed E-state index contributed by atoms with van der Waals surface area (Å²) in [6, 6.07) is 13.9. The number of aromatic nitrogens is 2. The molecule has 0 fully saturated rings. The number of imidazole rings is 1. The molecule has 0 aliphatic rings. The smallest absolute Gasteiger partial charge is 0.292 e. The number of para-hydroxylation sites is 1. The molecule has 3 aromatic rings. The van der Waals surface area contributed by atoms with Gasteiger partial charge >= 0.3 is 0 Å². The topological polar surface area (TPSA) is 99.3 Å². The van der Waals surface area contributed by atoms with Crippen molar-refractivity contribution in [2.24, 2.45) is 0 Å². The Kier molecular flexibility index (Phi) is 4.67. The predicted molar refractivity (Wildman–Crippen MR) is 96.9 cm³/mol. The first-order chi connectivity index (χ1) is 12.5. The molecule has 0 atom stereocenters. The molecule has 7 nitrogen and oxygen atoms in total. The third-order valence-electron chi connectivity index (χ3n) is 3.68.